The van der Waals surface area contributed by atoms with Crippen molar-refractivity contribution in [2.45, 2.75) is 19.4 Å². The van der Waals surface area contributed by atoms with E-state index in [1.807, 2.05) is 57.9 Å². The number of nitrogens with zero attached hydrogens (tertiary/aromatic N) is 3. The average Bonchev–Trinajstić information content (AvgIpc) is 3.23. The zero-order valence-corrected chi connectivity index (χ0v) is 14.4. The van der Waals surface area contributed by atoms with Crippen LogP contribution in [0.5, 0.6) is 0 Å². The summed E-state index contributed by atoms with van der Waals surface area (Å²) in [6.07, 6.45) is 4.25. The van der Waals surface area contributed by atoms with Gasteiger partial charge in [0.1, 0.15) is 11.5 Å². The van der Waals surface area contributed by atoms with Gasteiger partial charge in [-0.25, -0.2) is 4.98 Å². The van der Waals surface area contributed by atoms with E-state index < -0.39 is 0 Å². The number of imidazole rings is 1. The van der Waals surface area contributed by atoms with Gasteiger partial charge in [-0.15, -0.1) is 11.3 Å². The fraction of sp³-hybridized carbons (Fsp3) is 0.375. The molecule has 3 aromatic heterocycles. The van der Waals surface area contributed by atoms with Crippen LogP contribution in [0.15, 0.2) is 34.3 Å². The van der Waals surface area contributed by atoms with Crippen LogP contribution in [0, 0.1) is 6.92 Å². The Hall–Kier alpha value is -1.73. The third kappa shape index (κ3) is 2.90. The predicted molar refractivity (Wildman–Crippen MR) is 92.0 cm³/mol. The van der Waals surface area contributed by atoms with Crippen molar-refractivity contribution in [3.63, 3.8) is 0 Å². The molecule has 1 aliphatic heterocycles. The fourth-order valence-corrected chi connectivity index (χ4v) is 4.67. The Labute approximate surface area is 142 Å². The van der Waals surface area contributed by atoms with E-state index in [0.717, 1.165) is 40.2 Å². The molecule has 0 spiro atoms. The molecule has 1 amide bonds. The summed E-state index contributed by atoms with van der Waals surface area (Å²) < 4.78 is 7.73. The maximum atomic E-state index is 12.8. The van der Waals surface area contributed by atoms with Gasteiger partial charge in [-0.1, -0.05) is 0 Å². The highest BCUT2D eigenvalue weighted by Crippen LogP contribution is 2.31. The molecule has 0 bridgehead atoms. The molecule has 3 aromatic rings. The second-order valence-electron chi connectivity index (χ2n) is 5.63. The van der Waals surface area contributed by atoms with E-state index in [4.69, 9.17) is 4.42 Å². The third-order valence-corrected chi connectivity index (χ3v) is 5.81. The van der Waals surface area contributed by atoms with Gasteiger partial charge in [0, 0.05) is 35.8 Å². The van der Waals surface area contributed by atoms with E-state index in [1.165, 1.54) is 0 Å². The quantitative estimate of drug-likeness (QED) is 0.730. The summed E-state index contributed by atoms with van der Waals surface area (Å²) >= 11 is 3.45. The summed E-state index contributed by atoms with van der Waals surface area (Å²) in [5, 5.41) is 1.99. The SMILES string of the molecule is Cc1ccc([C@H]2CSCCN2C(=O)Cc2cn3ccsc3n2)o1. The third-order valence-electron chi connectivity index (χ3n) is 4.01. The van der Waals surface area contributed by atoms with Crippen molar-refractivity contribution >= 4 is 34.0 Å². The molecule has 23 heavy (non-hydrogen) atoms. The number of hydrogen-bond donors (Lipinski definition) is 0. The summed E-state index contributed by atoms with van der Waals surface area (Å²) in [6, 6.07) is 3.97. The largest absolute Gasteiger partial charge is 0.464 e. The molecule has 5 nitrogen and oxygen atoms in total. The highest BCUT2D eigenvalue weighted by Gasteiger charge is 2.30. The maximum absolute atomic E-state index is 12.8. The number of hydrogen-bond acceptors (Lipinski definition) is 5. The number of carbonyl (C=O) groups is 1. The Bertz CT molecular complexity index is 807. The zero-order chi connectivity index (χ0) is 15.8. The Kier molecular flexibility index (Phi) is 3.90. The van der Waals surface area contributed by atoms with E-state index in [1.54, 1.807) is 11.3 Å². The number of furan rings is 1. The highest BCUT2D eigenvalue weighted by molar-refractivity contribution is 7.99. The first-order chi connectivity index (χ1) is 11.2. The van der Waals surface area contributed by atoms with Gasteiger partial charge in [0.15, 0.2) is 4.96 Å². The molecule has 0 aromatic carbocycles. The van der Waals surface area contributed by atoms with Crippen molar-refractivity contribution in [2.24, 2.45) is 0 Å². The van der Waals surface area contributed by atoms with Gasteiger partial charge in [-0.2, -0.15) is 11.8 Å². The van der Waals surface area contributed by atoms with Gasteiger partial charge in [-0.3, -0.25) is 9.20 Å². The van der Waals surface area contributed by atoms with E-state index in [9.17, 15) is 4.79 Å². The lowest BCUT2D eigenvalue weighted by molar-refractivity contribution is -0.132. The van der Waals surface area contributed by atoms with Crippen LogP contribution in [-0.2, 0) is 11.2 Å². The van der Waals surface area contributed by atoms with Crippen molar-refractivity contribution in [1.29, 1.82) is 0 Å². The summed E-state index contributed by atoms with van der Waals surface area (Å²) in [5.41, 5.74) is 0.828. The maximum Gasteiger partial charge on any atom is 0.229 e. The first kappa shape index (κ1) is 14.8. The van der Waals surface area contributed by atoms with Crippen LogP contribution in [0.3, 0.4) is 0 Å². The molecule has 1 aliphatic rings. The fourth-order valence-electron chi connectivity index (χ4n) is 2.89. The number of amides is 1. The lowest BCUT2D eigenvalue weighted by Gasteiger charge is -2.34. The van der Waals surface area contributed by atoms with Crippen molar-refractivity contribution in [2.75, 3.05) is 18.1 Å². The predicted octanol–water partition coefficient (Wildman–Crippen LogP) is 3.16. The lowest BCUT2D eigenvalue weighted by Crippen LogP contribution is -2.41. The van der Waals surface area contributed by atoms with Crippen molar-refractivity contribution < 1.29 is 9.21 Å². The first-order valence-electron chi connectivity index (χ1n) is 7.55. The molecule has 1 fully saturated rings. The van der Waals surface area contributed by atoms with Gasteiger partial charge in [0.05, 0.1) is 18.2 Å². The molecule has 4 heterocycles. The van der Waals surface area contributed by atoms with E-state index in [0.29, 0.717) is 6.42 Å². The standard InChI is InChI=1S/C16H17N3O2S2/c1-11-2-3-14(21-11)13-10-22-6-5-19(13)15(20)8-12-9-18-4-7-23-16(18)17-12/h2-4,7,9,13H,5-6,8,10H2,1H3/t13-/m1/s1. The molecule has 0 aliphatic carbocycles. The van der Waals surface area contributed by atoms with Crippen molar-refractivity contribution in [3.05, 3.63) is 47.1 Å². The Morgan fingerprint density at radius 1 is 1.48 bits per heavy atom. The number of rotatable bonds is 3. The minimum absolute atomic E-state index is 0.0266. The summed E-state index contributed by atoms with van der Waals surface area (Å²) in [6.45, 7) is 2.69. The van der Waals surface area contributed by atoms with Crippen LogP contribution in [0.25, 0.3) is 4.96 Å². The number of thioether (sulfide) groups is 1. The molecular formula is C16H17N3O2S2. The van der Waals surface area contributed by atoms with Crippen LogP contribution in [-0.4, -0.2) is 38.2 Å². The topological polar surface area (TPSA) is 50.8 Å². The number of aryl methyl sites for hydroxylation is 1. The van der Waals surface area contributed by atoms with Crippen molar-refractivity contribution in [1.82, 2.24) is 14.3 Å². The normalized spacial score (nSPS) is 18.7. The van der Waals surface area contributed by atoms with Crippen LogP contribution in [0.2, 0.25) is 0 Å². The van der Waals surface area contributed by atoms with E-state index in [-0.39, 0.29) is 11.9 Å². The van der Waals surface area contributed by atoms with Gasteiger partial charge >= 0.3 is 0 Å². The molecular weight excluding hydrogens is 330 g/mol. The second-order valence-corrected chi connectivity index (χ2v) is 7.65. The van der Waals surface area contributed by atoms with Gasteiger partial charge in [0.2, 0.25) is 5.91 Å². The molecule has 120 valence electrons. The summed E-state index contributed by atoms with van der Waals surface area (Å²) in [5.74, 6) is 3.75. The average molecular weight is 347 g/mol. The van der Waals surface area contributed by atoms with Crippen LogP contribution in [0.4, 0.5) is 0 Å². The molecule has 1 atom stereocenters. The number of carbonyl (C=O) groups excluding carboxylic acids is 1. The molecule has 0 radical (unpaired) electrons. The molecule has 7 heteroatoms. The highest BCUT2D eigenvalue weighted by atomic mass is 32.2. The molecule has 1 saturated heterocycles. The lowest BCUT2D eigenvalue weighted by atomic mass is 10.2. The number of thiazole rings is 1. The van der Waals surface area contributed by atoms with Gasteiger partial charge < -0.3 is 9.32 Å². The Balaban J connectivity index is 1.54. The molecule has 4 rings (SSSR count). The molecule has 0 saturated carbocycles. The summed E-state index contributed by atoms with van der Waals surface area (Å²) in [7, 11) is 0. The van der Waals surface area contributed by atoms with Gasteiger partial charge in [-0.05, 0) is 19.1 Å². The summed E-state index contributed by atoms with van der Waals surface area (Å²) in [4.78, 5) is 20.2. The van der Waals surface area contributed by atoms with Crippen LogP contribution in [0.1, 0.15) is 23.3 Å². The monoisotopic (exact) mass is 347 g/mol. The van der Waals surface area contributed by atoms with Crippen LogP contribution >= 0.6 is 23.1 Å². The number of aromatic nitrogens is 2. The molecule has 0 N–H and O–H groups in total. The Morgan fingerprint density at radius 2 is 2.39 bits per heavy atom. The van der Waals surface area contributed by atoms with E-state index in [2.05, 4.69) is 4.98 Å². The molecule has 0 unspecified atom stereocenters. The first-order valence-corrected chi connectivity index (χ1v) is 9.59. The van der Waals surface area contributed by atoms with Crippen molar-refractivity contribution in [3.8, 4) is 0 Å². The van der Waals surface area contributed by atoms with Crippen LogP contribution < -0.4 is 0 Å². The second kappa shape index (κ2) is 6.05. The minimum atomic E-state index is 0.0266. The minimum Gasteiger partial charge on any atom is -0.464 e. The number of fused-ring (bicyclic) bond motifs is 1. The van der Waals surface area contributed by atoms with Gasteiger partial charge in [0.25, 0.3) is 0 Å². The zero-order valence-electron chi connectivity index (χ0n) is 12.8. The smallest absolute Gasteiger partial charge is 0.229 e. The van der Waals surface area contributed by atoms with E-state index >= 15 is 0 Å². The Morgan fingerprint density at radius 3 is 3.17 bits per heavy atom.